The van der Waals surface area contributed by atoms with E-state index in [4.69, 9.17) is 4.74 Å². The zero-order valence-electron chi connectivity index (χ0n) is 11.5. The molecular formula is C16H14N2O3. The normalized spacial score (nSPS) is 10.7. The lowest BCUT2D eigenvalue weighted by Crippen LogP contribution is -2.15. The summed E-state index contributed by atoms with van der Waals surface area (Å²) in [6.07, 6.45) is 1.63. The molecule has 2 heterocycles. The van der Waals surface area contributed by atoms with Gasteiger partial charge in [0.1, 0.15) is 5.69 Å². The molecule has 106 valence electrons. The van der Waals surface area contributed by atoms with Crippen molar-refractivity contribution in [3.8, 4) is 0 Å². The first-order chi connectivity index (χ1) is 10.2. The molecule has 0 bridgehead atoms. The lowest BCUT2D eigenvalue weighted by molar-refractivity contribution is 0.0470. The summed E-state index contributed by atoms with van der Waals surface area (Å²) in [6.45, 7) is 1.56. The van der Waals surface area contributed by atoms with E-state index in [1.165, 1.54) is 0 Å². The lowest BCUT2D eigenvalue weighted by Gasteiger charge is -2.03. The highest BCUT2D eigenvalue weighted by Gasteiger charge is 2.18. The number of para-hydroxylation sites is 1. The van der Waals surface area contributed by atoms with E-state index in [9.17, 15) is 9.59 Å². The van der Waals surface area contributed by atoms with Crippen LogP contribution in [0.5, 0.6) is 0 Å². The highest BCUT2D eigenvalue weighted by molar-refractivity contribution is 6.10. The summed E-state index contributed by atoms with van der Waals surface area (Å²) < 4.78 is 5.04. The van der Waals surface area contributed by atoms with Gasteiger partial charge in [0.15, 0.2) is 6.61 Å². The van der Waals surface area contributed by atoms with Crippen LogP contribution in [-0.4, -0.2) is 28.3 Å². The van der Waals surface area contributed by atoms with Crippen LogP contribution in [-0.2, 0) is 4.74 Å². The molecule has 1 aromatic carbocycles. The molecule has 5 nitrogen and oxygen atoms in total. The van der Waals surface area contributed by atoms with Gasteiger partial charge in [-0.3, -0.25) is 4.79 Å². The van der Waals surface area contributed by atoms with Gasteiger partial charge >= 0.3 is 5.97 Å². The van der Waals surface area contributed by atoms with Gasteiger partial charge in [-0.05, 0) is 25.1 Å². The Bertz CT molecular complexity index is 800. The first-order valence-corrected chi connectivity index (χ1v) is 6.58. The van der Waals surface area contributed by atoms with Gasteiger partial charge in [-0.1, -0.05) is 18.2 Å². The predicted molar refractivity (Wildman–Crippen MR) is 78.4 cm³/mol. The average molecular weight is 282 g/mol. The molecule has 0 aliphatic heterocycles. The maximum atomic E-state index is 12.3. The summed E-state index contributed by atoms with van der Waals surface area (Å²) in [4.78, 5) is 29.9. The quantitative estimate of drug-likeness (QED) is 0.570. The number of hydrogen-bond donors (Lipinski definition) is 2. The number of ether oxygens (including phenoxy) is 1. The fourth-order valence-electron chi connectivity index (χ4n) is 2.37. The number of H-pyrrole nitrogens is 2. The van der Waals surface area contributed by atoms with E-state index in [-0.39, 0.29) is 12.4 Å². The van der Waals surface area contributed by atoms with Crippen LogP contribution in [0.15, 0.2) is 42.6 Å². The molecule has 0 aliphatic rings. The van der Waals surface area contributed by atoms with Crippen molar-refractivity contribution in [2.45, 2.75) is 6.92 Å². The van der Waals surface area contributed by atoms with Crippen molar-refractivity contribution < 1.29 is 14.3 Å². The smallest absolute Gasteiger partial charge is 0.355 e. The maximum absolute atomic E-state index is 12.3. The average Bonchev–Trinajstić information content (AvgIpc) is 3.10. The lowest BCUT2D eigenvalue weighted by atomic mass is 10.1. The summed E-state index contributed by atoms with van der Waals surface area (Å²) in [5.41, 5.74) is 2.58. The molecular weight excluding hydrogens is 268 g/mol. The number of Topliss-reactive ketones (excluding diaryl/α,β-unsaturated/α-hetero) is 1. The molecule has 0 saturated heterocycles. The van der Waals surface area contributed by atoms with Crippen molar-refractivity contribution >= 4 is 22.7 Å². The minimum Gasteiger partial charge on any atom is -0.453 e. The van der Waals surface area contributed by atoms with E-state index < -0.39 is 5.97 Å². The van der Waals surface area contributed by atoms with Gasteiger partial charge < -0.3 is 14.7 Å². The van der Waals surface area contributed by atoms with Gasteiger partial charge in [-0.2, -0.15) is 0 Å². The van der Waals surface area contributed by atoms with E-state index in [1.54, 1.807) is 18.3 Å². The molecule has 0 unspecified atom stereocenters. The summed E-state index contributed by atoms with van der Waals surface area (Å²) in [6, 6.07) is 10.9. The van der Waals surface area contributed by atoms with Crippen molar-refractivity contribution in [1.82, 2.24) is 9.97 Å². The van der Waals surface area contributed by atoms with Crippen LogP contribution < -0.4 is 0 Å². The number of aromatic amines is 2. The van der Waals surface area contributed by atoms with Crippen molar-refractivity contribution in [2.24, 2.45) is 0 Å². The second-order valence-electron chi connectivity index (χ2n) is 4.75. The Kier molecular flexibility index (Phi) is 3.31. The van der Waals surface area contributed by atoms with Crippen molar-refractivity contribution in [1.29, 1.82) is 0 Å². The molecule has 2 aromatic heterocycles. The summed E-state index contributed by atoms with van der Waals surface area (Å²) in [5.74, 6) is -0.754. The van der Waals surface area contributed by atoms with Crippen LogP contribution in [0.4, 0.5) is 0 Å². The Hall–Kier alpha value is -2.82. The van der Waals surface area contributed by atoms with Crippen LogP contribution in [0, 0.1) is 6.92 Å². The zero-order valence-corrected chi connectivity index (χ0v) is 11.5. The Balaban J connectivity index is 1.78. The molecule has 3 rings (SSSR count). The molecule has 0 fully saturated rings. The summed E-state index contributed by atoms with van der Waals surface area (Å²) >= 11 is 0. The fourth-order valence-corrected chi connectivity index (χ4v) is 2.37. The van der Waals surface area contributed by atoms with E-state index in [0.717, 1.165) is 16.6 Å². The molecule has 0 saturated carbocycles. The zero-order chi connectivity index (χ0) is 14.8. The third-order valence-electron chi connectivity index (χ3n) is 3.32. The summed E-state index contributed by atoms with van der Waals surface area (Å²) in [7, 11) is 0. The number of esters is 1. The van der Waals surface area contributed by atoms with Gasteiger partial charge in [0.25, 0.3) is 0 Å². The molecule has 0 amide bonds. The van der Waals surface area contributed by atoms with Crippen LogP contribution in [0.2, 0.25) is 0 Å². The number of nitrogens with one attached hydrogen (secondary N) is 2. The summed E-state index contributed by atoms with van der Waals surface area (Å²) in [5, 5.41) is 0.843. The molecule has 2 N–H and O–H groups in total. The number of carbonyl (C=O) groups excluding carboxylic acids is 2. The monoisotopic (exact) mass is 282 g/mol. The number of aryl methyl sites for hydroxylation is 1. The minimum atomic E-state index is -0.536. The Labute approximate surface area is 120 Å². The maximum Gasteiger partial charge on any atom is 0.355 e. The Morgan fingerprint density at radius 1 is 1.14 bits per heavy atom. The first-order valence-electron chi connectivity index (χ1n) is 6.58. The van der Waals surface area contributed by atoms with Crippen LogP contribution in [0.25, 0.3) is 10.9 Å². The number of rotatable bonds is 4. The molecule has 3 aromatic rings. The third kappa shape index (κ3) is 2.45. The van der Waals surface area contributed by atoms with Crippen molar-refractivity contribution in [3.63, 3.8) is 0 Å². The third-order valence-corrected chi connectivity index (χ3v) is 3.32. The number of carbonyl (C=O) groups is 2. The topological polar surface area (TPSA) is 75.0 Å². The first kappa shape index (κ1) is 13.2. The van der Waals surface area contributed by atoms with E-state index >= 15 is 0 Å². The molecule has 5 heteroatoms. The molecule has 0 aliphatic carbocycles. The number of benzene rings is 1. The molecule has 0 radical (unpaired) electrons. The Morgan fingerprint density at radius 2 is 1.95 bits per heavy atom. The Morgan fingerprint density at radius 3 is 2.71 bits per heavy atom. The van der Waals surface area contributed by atoms with Crippen molar-refractivity contribution in [2.75, 3.05) is 6.61 Å². The van der Waals surface area contributed by atoms with Crippen LogP contribution >= 0.6 is 0 Å². The van der Waals surface area contributed by atoms with Gasteiger partial charge in [0, 0.05) is 28.4 Å². The highest BCUT2D eigenvalue weighted by Crippen LogP contribution is 2.22. The molecule has 0 atom stereocenters. The van der Waals surface area contributed by atoms with Gasteiger partial charge in [-0.25, -0.2) is 4.79 Å². The van der Waals surface area contributed by atoms with E-state index in [0.29, 0.717) is 11.3 Å². The number of aromatic nitrogens is 2. The second-order valence-corrected chi connectivity index (χ2v) is 4.75. The molecule has 0 spiro atoms. The standard InChI is InChI=1S/C16H14N2O3/c1-10-15(11-5-2-3-6-12(11)18-10)14(19)9-21-16(20)13-7-4-8-17-13/h2-8,17-18H,9H2,1H3. The van der Waals surface area contributed by atoms with E-state index in [2.05, 4.69) is 9.97 Å². The van der Waals surface area contributed by atoms with E-state index in [1.807, 2.05) is 31.2 Å². The fraction of sp³-hybridized carbons (Fsp3) is 0.125. The minimum absolute atomic E-state index is 0.218. The van der Waals surface area contributed by atoms with Crippen LogP contribution in [0.1, 0.15) is 26.5 Å². The van der Waals surface area contributed by atoms with Crippen molar-refractivity contribution in [3.05, 3.63) is 59.5 Å². The van der Waals surface area contributed by atoms with Gasteiger partial charge in [0.05, 0.1) is 0 Å². The molecule has 21 heavy (non-hydrogen) atoms. The number of ketones is 1. The largest absolute Gasteiger partial charge is 0.453 e. The predicted octanol–water partition coefficient (Wildman–Crippen LogP) is 2.84. The SMILES string of the molecule is Cc1[nH]c2ccccc2c1C(=O)COC(=O)c1ccc[nH]1. The second kappa shape index (κ2) is 5.28. The number of hydrogen-bond acceptors (Lipinski definition) is 3. The number of fused-ring (bicyclic) bond motifs is 1. The van der Waals surface area contributed by atoms with Gasteiger partial charge in [-0.15, -0.1) is 0 Å². The van der Waals surface area contributed by atoms with Gasteiger partial charge in [0.2, 0.25) is 5.78 Å². The highest BCUT2D eigenvalue weighted by atomic mass is 16.5. The van der Waals surface area contributed by atoms with Crippen LogP contribution in [0.3, 0.4) is 0 Å².